The molecule has 0 saturated heterocycles. The van der Waals surface area contributed by atoms with Crippen LogP contribution in [-0.2, 0) is 10.3 Å². The van der Waals surface area contributed by atoms with E-state index in [0.29, 0.717) is 38.3 Å². The first-order chi connectivity index (χ1) is 13.5. The van der Waals surface area contributed by atoms with Gasteiger partial charge >= 0.3 is 35.8 Å². The number of alkyl halides is 13. The van der Waals surface area contributed by atoms with Crippen molar-refractivity contribution < 1.29 is 66.2 Å². The monoisotopic (exact) mass is 486 g/mol. The van der Waals surface area contributed by atoms with Crippen LogP contribution in [0.4, 0.5) is 61.5 Å². The standard InChI is InChI=1S/C16H12F14O/c1-10(31-2,8-3-5-9(17)6-4-8)7-11(18,19)12(20,21)13(22,23)14(24,25)15(26,27)16(28,29)30/h3-6H,7H2,1-2H3. The molecule has 0 saturated carbocycles. The minimum Gasteiger partial charge on any atom is -0.374 e. The van der Waals surface area contributed by atoms with E-state index in [0.717, 1.165) is 0 Å². The Kier molecular flexibility index (Phi) is 6.73. The summed E-state index contributed by atoms with van der Waals surface area (Å²) in [7, 11) is 0.585. The molecule has 15 heteroatoms. The van der Waals surface area contributed by atoms with Crippen LogP contribution in [0.1, 0.15) is 18.9 Å². The van der Waals surface area contributed by atoms with E-state index in [-0.39, 0.29) is 0 Å². The molecule has 0 amide bonds. The molecule has 0 radical (unpaired) electrons. The van der Waals surface area contributed by atoms with Crippen molar-refractivity contribution in [3.8, 4) is 0 Å². The molecule has 31 heavy (non-hydrogen) atoms. The molecule has 180 valence electrons. The second-order valence-electron chi connectivity index (χ2n) is 6.62. The van der Waals surface area contributed by atoms with E-state index in [1.807, 2.05) is 0 Å². The van der Waals surface area contributed by atoms with Crippen molar-refractivity contribution in [2.45, 2.75) is 54.7 Å². The second kappa shape index (κ2) is 7.66. The van der Waals surface area contributed by atoms with Crippen LogP contribution in [0, 0.1) is 5.82 Å². The molecule has 0 N–H and O–H groups in total. The third-order valence-corrected chi connectivity index (χ3v) is 4.46. The fourth-order valence-corrected chi connectivity index (χ4v) is 2.43. The zero-order chi connectivity index (χ0) is 24.9. The number of halogens is 14. The number of rotatable bonds is 8. The molecule has 0 spiro atoms. The predicted octanol–water partition coefficient (Wildman–Crippen LogP) is 6.82. The van der Waals surface area contributed by atoms with Crippen LogP contribution in [0.3, 0.4) is 0 Å². The van der Waals surface area contributed by atoms with Crippen molar-refractivity contribution in [1.82, 2.24) is 0 Å². The van der Waals surface area contributed by atoms with Crippen LogP contribution in [0.5, 0.6) is 0 Å². The first kappa shape index (κ1) is 27.2. The van der Waals surface area contributed by atoms with Gasteiger partial charge in [0.1, 0.15) is 5.82 Å². The summed E-state index contributed by atoms with van der Waals surface area (Å²) in [5, 5.41) is 0. The molecule has 0 aliphatic carbocycles. The van der Waals surface area contributed by atoms with Crippen LogP contribution in [-0.4, -0.2) is 42.9 Å². The first-order valence-corrected chi connectivity index (χ1v) is 7.79. The van der Waals surface area contributed by atoms with E-state index < -0.39 is 59.2 Å². The van der Waals surface area contributed by atoms with Gasteiger partial charge in [0.15, 0.2) is 0 Å². The van der Waals surface area contributed by atoms with E-state index in [2.05, 4.69) is 4.74 Å². The highest BCUT2D eigenvalue weighted by Crippen LogP contribution is 2.61. The zero-order valence-corrected chi connectivity index (χ0v) is 15.2. The highest BCUT2D eigenvalue weighted by molar-refractivity contribution is 5.24. The quantitative estimate of drug-likeness (QED) is 0.367. The average molecular weight is 486 g/mol. The van der Waals surface area contributed by atoms with E-state index in [1.165, 1.54) is 0 Å². The van der Waals surface area contributed by atoms with Crippen molar-refractivity contribution in [2.24, 2.45) is 0 Å². The van der Waals surface area contributed by atoms with Gasteiger partial charge in [-0.3, -0.25) is 0 Å². The molecule has 1 aromatic rings. The predicted molar refractivity (Wildman–Crippen MR) is 76.2 cm³/mol. The Bertz CT molecular complexity index is 768. The molecule has 0 aliphatic rings. The fraction of sp³-hybridized carbons (Fsp3) is 0.625. The SMILES string of the molecule is COC(C)(CC(F)(F)C(F)(F)C(F)(F)C(F)(F)C(F)(F)C(F)(F)F)c1ccc(F)cc1. The van der Waals surface area contributed by atoms with E-state index in [1.54, 1.807) is 0 Å². The highest BCUT2D eigenvalue weighted by Gasteiger charge is 2.90. The Labute approximate surface area is 165 Å². The maximum atomic E-state index is 14.1. The molecule has 0 aromatic heterocycles. The summed E-state index contributed by atoms with van der Waals surface area (Å²) in [5.74, 6) is -38.3. The maximum Gasteiger partial charge on any atom is 0.460 e. The second-order valence-corrected chi connectivity index (χ2v) is 6.62. The molecule has 1 aromatic carbocycles. The maximum absolute atomic E-state index is 14.1. The fourth-order valence-electron chi connectivity index (χ4n) is 2.43. The lowest BCUT2D eigenvalue weighted by Gasteiger charge is -2.42. The molecule has 0 aliphatic heterocycles. The molecule has 1 nitrogen and oxygen atoms in total. The lowest BCUT2D eigenvalue weighted by molar-refractivity contribution is -0.441. The summed E-state index contributed by atoms with van der Waals surface area (Å²) in [6, 6.07) is 2.57. The summed E-state index contributed by atoms with van der Waals surface area (Å²) in [5.41, 5.74) is -3.26. The van der Waals surface area contributed by atoms with Gasteiger partial charge in [0.25, 0.3) is 0 Å². The Morgan fingerprint density at radius 3 is 1.39 bits per heavy atom. The normalized spacial score (nSPS) is 16.9. The van der Waals surface area contributed by atoms with Gasteiger partial charge in [-0.1, -0.05) is 12.1 Å². The van der Waals surface area contributed by atoms with Gasteiger partial charge in [-0.15, -0.1) is 0 Å². The van der Waals surface area contributed by atoms with Gasteiger partial charge in [0.05, 0.1) is 12.0 Å². The van der Waals surface area contributed by atoms with Gasteiger partial charge in [-0.2, -0.15) is 57.1 Å². The first-order valence-electron chi connectivity index (χ1n) is 7.79. The number of benzene rings is 1. The van der Waals surface area contributed by atoms with Crippen LogP contribution >= 0.6 is 0 Å². The molecular weight excluding hydrogens is 474 g/mol. The Morgan fingerprint density at radius 2 is 1.03 bits per heavy atom. The Morgan fingerprint density at radius 1 is 0.645 bits per heavy atom. The summed E-state index contributed by atoms with van der Waals surface area (Å²) >= 11 is 0. The summed E-state index contributed by atoms with van der Waals surface area (Å²) < 4.78 is 189. The molecule has 0 fully saturated rings. The molecule has 1 rings (SSSR count). The van der Waals surface area contributed by atoms with Crippen molar-refractivity contribution in [3.63, 3.8) is 0 Å². The number of ether oxygens (including phenoxy) is 1. The third-order valence-electron chi connectivity index (χ3n) is 4.46. The Hall–Kier alpha value is -1.80. The topological polar surface area (TPSA) is 9.23 Å². The van der Waals surface area contributed by atoms with E-state index >= 15 is 0 Å². The van der Waals surface area contributed by atoms with Gasteiger partial charge in [-0.05, 0) is 24.6 Å². The van der Waals surface area contributed by atoms with Gasteiger partial charge in [-0.25, -0.2) is 4.39 Å². The summed E-state index contributed by atoms with van der Waals surface area (Å²) in [6.07, 6.45) is -10.1. The van der Waals surface area contributed by atoms with Crippen LogP contribution in [0.2, 0.25) is 0 Å². The number of methoxy groups -OCH3 is 1. The van der Waals surface area contributed by atoms with Crippen molar-refractivity contribution >= 4 is 0 Å². The highest BCUT2D eigenvalue weighted by atomic mass is 19.4. The lowest BCUT2D eigenvalue weighted by atomic mass is 9.84. The lowest BCUT2D eigenvalue weighted by Crippen LogP contribution is -2.70. The van der Waals surface area contributed by atoms with Gasteiger partial charge in [0, 0.05) is 7.11 Å². The van der Waals surface area contributed by atoms with Gasteiger partial charge in [0.2, 0.25) is 0 Å². The molecular formula is C16H12F14O. The van der Waals surface area contributed by atoms with Crippen molar-refractivity contribution in [2.75, 3.05) is 7.11 Å². The molecule has 1 atom stereocenters. The van der Waals surface area contributed by atoms with Crippen LogP contribution in [0.15, 0.2) is 24.3 Å². The number of hydrogen-bond donors (Lipinski definition) is 0. The molecule has 0 heterocycles. The molecule has 1 unspecified atom stereocenters. The third kappa shape index (κ3) is 4.16. The van der Waals surface area contributed by atoms with Gasteiger partial charge < -0.3 is 4.74 Å². The van der Waals surface area contributed by atoms with Crippen LogP contribution < -0.4 is 0 Å². The zero-order valence-electron chi connectivity index (χ0n) is 15.2. The largest absolute Gasteiger partial charge is 0.460 e. The number of hydrogen-bond acceptors (Lipinski definition) is 1. The van der Waals surface area contributed by atoms with E-state index in [9.17, 15) is 61.5 Å². The van der Waals surface area contributed by atoms with E-state index in [4.69, 9.17) is 0 Å². The smallest absolute Gasteiger partial charge is 0.374 e. The Balaban J connectivity index is 3.49. The van der Waals surface area contributed by atoms with Crippen molar-refractivity contribution in [3.05, 3.63) is 35.6 Å². The summed E-state index contributed by atoms with van der Waals surface area (Å²) in [4.78, 5) is 0. The summed E-state index contributed by atoms with van der Waals surface area (Å²) in [6.45, 7) is 0.560. The van der Waals surface area contributed by atoms with Crippen molar-refractivity contribution in [1.29, 1.82) is 0 Å². The minimum absolute atomic E-state index is 0.553. The van der Waals surface area contributed by atoms with Crippen LogP contribution in [0.25, 0.3) is 0 Å². The average Bonchev–Trinajstić information content (AvgIpc) is 2.60. The molecule has 0 bridgehead atoms. The minimum atomic E-state index is -7.97.